The van der Waals surface area contributed by atoms with Crippen LogP contribution in [0.1, 0.15) is 11.3 Å². The van der Waals surface area contributed by atoms with Crippen LogP contribution in [0.3, 0.4) is 0 Å². The van der Waals surface area contributed by atoms with Crippen molar-refractivity contribution in [2.45, 2.75) is 18.7 Å². The topological polar surface area (TPSA) is 67.2 Å². The molecule has 2 aromatic rings. The molecule has 1 aromatic carbocycles. The van der Waals surface area contributed by atoms with Crippen molar-refractivity contribution in [1.82, 2.24) is 5.16 Å². The third-order valence-corrected chi connectivity index (χ3v) is 3.48. The molecule has 0 saturated carbocycles. The van der Waals surface area contributed by atoms with Gasteiger partial charge >= 0.3 is 6.03 Å². The molecule has 0 bridgehead atoms. The number of nitrogens with zero attached hydrogens (tertiary/aromatic N) is 1. The van der Waals surface area contributed by atoms with Crippen molar-refractivity contribution in [1.29, 1.82) is 0 Å². The summed E-state index contributed by atoms with van der Waals surface area (Å²) in [5.41, 5.74) is 2.32. The van der Waals surface area contributed by atoms with Crippen molar-refractivity contribution in [2.75, 3.05) is 16.9 Å². The number of amides is 2. The lowest BCUT2D eigenvalue weighted by atomic mass is 10.3. The molecular formula is C13H15N3O2S. The Morgan fingerprint density at radius 3 is 2.42 bits per heavy atom. The molecular weight excluding hydrogens is 262 g/mol. The number of aryl methyl sites for hydroxylation is 1. The maximum atomic E-state index is 11.8. The summed E-state index contributed by atoms with van der Waals surface area (Å²) < 4.78 is 5.01. The highest BCUT2D eigenvalue weighted by Gasteiger charge is 2.11. The van der Waals surface area contributed by atoms with Gasteiger partial charge in [0.25, 0.3) is 0 Å². The zero-order chi connectivity index (χ0) is 13.8. The molecule has 6 heteroatoms. The summed E-state index contributed by atoms with van der Waals surface area (Å²) in [6.45, 7) is 3.66. The molecule has 0 fully saturated rings. The molecule has 0 spiro atoms. The van der Waals surface area contributed by atoms with E-state index in [1.165, 1.54) is 0 Å². The van der Waals surface area contributed by atoms with Gasteiger partial charge in [0.2, 0.25) is 5.88 Å². The van der Waals surface area contributed by atoms with Crippen molar-refractivity contribution in [3.05, 3.63) is 35.5 Å². The van der Waals surface area contributed by atoms with Gasteiger partial charge in [-0.1, -0.05) is 5.16 Å². The van der Waals surface area contributed by atoms with Crippen LogP contribution in [0.15, 0.2) is 33.7 Å². The average molecular weight is 277 g/mol. The summed E-state index contributed by atoms with van der Waals surface area (Å²) in [6.07, 6.45) is 2.00. The first kappa shape index (κ1) is 13.5. The van der Waals surface area contributed by atoms with E-state index in [0.29, 0.717) is 5.88 Å². The number of anilines is 2. The van der Waals surface area contributed by atoms with Crippen molar-refractivity contribution >= 4 is 29.4 Å². The predicted octanol–water partition coefficient (Wildman–Crippen LogP) is 3.66. The smallest absolute Gasteiger partial charge is 0.326 e. The van der Waals surface area contributed by atoms with Crippen LogP contribution in [-0.4, -0.2) is 17.4 Å². The van der Waals surface area contributed by atoms with Gasteiger partial charge in [-0.2, -0.15) is 0 Å². The van der Waals surface area contributed by atoms with Gasteiger partial charge in [0.15, 0.2) is 0 Å². The second kappa shape index (κ2) is 5.79. The van der Waals surface area contributed by atoms with Crippen molar-refractivity contribution in [2.24, 2.45) is 0 Å². The Labute approximate surface area is 115 Å². The van der Waals surface area contributed by atoms with E-state index < -0.39 is 0 Å². The summed E-state index contributed by atoms with van der Waals surface area (Å²) in [5, 5.41) is 9.13. The van der Waals surface area contributed by atoms with Crippen LogP contribution in [0, 0.1) is 13.8 Å². The van der Waals surface area contributed by atoms with E-state index in [9.17, 15) is 4.79 Å². The SMILES string of the molecule is CSc1ccc(NC(=O)Nc2onc(C)c2C)cc1. The number of carbonyl (C=O) groups is 1. The summed E-state index contributed by atoms with van der Waals surface area (Å²) in [4.78, 5) is 12.9. The molecule has 0 saturated heterocycles. The monoisotopic (exact) mass is 277 g/mol. The molecule has 0 aliphatic heterocycles. The second-order valence-corrected chi connectivity index (χ2v) is 4.91. The van der Waals surface area contributed by atoms with Crippen LogP contribution < -0.4 is 10.6 Å². The predicted molar refractivity (Wildman–Crippen MR) is 76.8 cm³/mol. The molecule has 0 aliphatic carbocycles. The van der Waals surface area contributed by atoms with Crippen LogP contribution in [0.2, 0.25) is 0 Å². The number of aromatic nitrogens is 1. The van der Waals surface area contributed by atoms with E-state index in [1.807, 2.05) is 44.4 Å². The Morgan fingerprint density at radius 1 is 1.21 bits per heavy atom. The van der Waals surface area contributed by atoms with E-state index in [-0.39, 0.29) is 6.03 Å². The first-order chi connectivity index (χ1) is 9.10. The van der Waals surface area contributed by atoms with Gasteiger partial charge in [0, 0.05) is 16.1 Å². The minimum atomic E-state index is -0.351. The minimum Gasteiger partial charge on any atom is -0.338 e. The lowest BCUT2D eigenvalue weighted by molar-refractivity contribution is 0.261. The number of benzene rings is 1. The number of carbonyl (C=O) groups excluding carboxylic acids is 1. The molecule has 2 amide bonds. The number of hydrogen-bond donors (Lipinski definition) is 2. The largest absolute Gasteiger partial charge is 0.338 e. The lowest BCUT2D eigenvalue weighted by Crippen LogP contribution is -2.19. The van der Waals surface area contributed by atoms with Crippen molar-refractivity contribution < 1.29 is 9.32 Å². The van der Waals surface area contributed by atoms with Crippen LogP contribution in [0.25, 0.3) is 0 Å². The lowest BCUT2D eigenvalue weighted by Gasteiger charge is -2.06. The number of thioether (sulfide) groups is 1. The maximum absolute atomic E-state index is 11.8. The zero-order valence-electron chi connectivity index (χ0n) is 11.0. The fraction of sp³-hybridized carbons (Fsp3) is 0.231. The van der Waals surface area contributed by atoms with Gasteiger partial charge in [-0.3, -0.25) is 5.32 Å². The second-order valence-electron chi connectivity index (χ2n) is 4.03. The molecule has 0 unspecified atom stereocenters. The number of nitrogens with one attached hydrogen (secondary N) is 2. The van der Waals surface area contributed by atoms with Crippen LogP contribution >= 0.6 is 11.8 Å². The Kier molecular flexibility index (Phi) is 4.11. The van der Waals surface area contributed by atoms with Crippen molar-refractivity contribution in [3.63, 3.8) is 0 Å². The van der Waals surface area contributed by atoms with Gasteiger partial charge < -0.3 is 9.84 Å². The fourth-order valence-corrected chi connectivity index (χ4v) is 1.88. The molecule has 5 nitrogen and oxygen atoms in total. The normalized spacial score (nSPS) is 10.3. The molecule has 1 aromatic heterocycles. The van der Waals surface area contributed by atoms with Gasteiger partial charge in [0.1, 0.15) is 0 Å². The van der Waals surface area contributed by atoms with Gasteiger partial charge in [-0.05, 0) is 44.4 Å². The van der Waals surface area contributed by atoms with E-state index in [4.69, 9.17) is 4.52 Å². The number of urea groups is 1. The number of rotatable bonds is 3. The summed E-state index contributed by atoms with van der Waals surface area (Å²) in [7, 11) is 0. The highest BCUT2D eigenvalue weighted by atomic mass is 32.2. The Bertz CT molecular complexity index is 578. The fourth-order valence-electron chi connectivity index (χ4n) is 1.47. The molecule has 1 heterocycles. The summed E-state index contributed by atoms with van der Waals surface area (Å²) in [5.74, 6) is 0.371. The molecule has 0 atom stereocenters. The zero-order valence-corrected chi connectivity index (χ0v) is 11.8. The minimum absolute atomic E-state index is 0.351. The molecule has 0 aliphatic rings. The third kappa shape index (κ3) is 3.29. The highest BCUT2D eigenvalue weighted by molar-refractivity contribution is 7.98. The van der Waals surface area contributed by atoms with E-state index in [0.717, 1.165) is 21.8 Å². The van der Waals surface area contributed by atoms with Crippen molar-refractivity contribution in [3.8, 4) is 0 Å². The van der Waals surface area contributed by atoms with Gasteiger partial charge in [-0.25, -0.2) is 4.79 Å². The van der Waals surface area contributed by atoms with Gasteiger partial charge in [0.05, 0.1) is 5.69 Å². The molecule has 2 rings (SSSR count). The molecule has 0 radical (unpaired) electrons. The first-order valence-electron chi connectivity index (χ1n) is 5.75. The van der Waals surface area contributed by atoms with Crippen LogP contribution in [0.4, 0.5) is 16.4 Å². The Morgan fingerprint density at radius 2 is 1.89 bits per heavy atom. The summed E-state index contributed by atoms with van der Waals surface area (Å²) in [6, 6.07) is 7.25. The molecule has 2 N–H and O–H groups in total. The Balaban J connectivity index is 1.99. The highest BCUT2D eigenvalue weighted by Crippen LogP contribution is 2.19. The number of hydrogen-bond acceptors (Lipinski definition) is 4. The van der Waals surface area contributed by atoms with Crippen LogP contribution in [-0.2, 0) is 0 Å². The van der Waals surface area contributed by atoms with Crippen LogP contribution in [0.5, 0.6) is 0 Å². The quantitative estimate of drug-likeness (QED) is 0.840. The van der Waals surface area contributed by atoms with E-state index >= 15 is 0 Å². The summed E-state index contributed by atoms with van der Waals surface area (Å²) >= 11 is 1.65. The Hall–Kier alpha value is -1.95. The molecule has 19 heavy (non-hydrogen) atoms. The first-order valence-corrected chi connectivity index (χ1v) is 6.97. The standard InChI is InChI=1S/C13H15N3O2S/c1-8-9(2)16-18-12(8)15-13(17)14-10-4-6-11(19-3)7-5-10/h4-7H,1-3H3,(H2,14,15,17). The average Bonchev–Trinajstić information content (AvgIpc) is 2.71. The van der Waals surface area contributed by atoms with E-state index in [2.05, 4.69) is 15.8 Å². The third-order valence-electron chi connectivity index (χ3n) is 2.73. The maximum Gasteiger partial charge on any atom is 0.326 e. The molecule has 100 valence electrons. The van der Waals surface area contributed by atoms with E-state index in [1.54, 1.807) is 11.8 Å². The van der Waals surface area contributed by atoms with Gasteiger partial charge in [-0.15, -0.1) is 11.8 Å².